The molecule has 5 nitrogen and oxygen atoms in total. The molecular weight excluding hydrogens is 354 g/mol. The van der Waals surface area contributed by atoms with Crippen LogP contribution in [0.3, 0.4) is 0 Å². The summed E-state index contributed by atoms with van der Waals surface area (Å²) in [4.78, 5) is 39.8. The number of carbonyl (C=O) groups excluding carboxylic acids is 3. The third-order valence-electron chi connectivity index (χ3n) is 4.50. The highest BCUT2D eigenvalue weighted by Crippen LogP contribution is 2.39. The van der Waals surface area contributed by atoms with Crippen LogP contribution in [0, 0.1) is 6.92 Å². The van der Waals surface area contributed by atoms with E-state index in [1.807, 2.05) is 13.8 Å². The number of benzene rings is 2. The first-order valence-corrected chi connectivity index (χ1v) is 8.76. The van der Waals surface area contributed by atoms with Gasteiger partial charge in [-0.25, -0.2) is 4.79 Å². The van der Waals surface area contributed by atoms with E-state index in [0.29, 0.717) is 24.2 Å². The van der Waals surface area contributed by atoms with E-state index in [0.717, 1.165) is 0 Å². The van der Waals surface area contributed by atoms with Crippen molar-refractivity contribution in [1.82, 2.24) is 4.90 Å². The van der Waals surface area contributed by atoms with Crippen molar-refractivity contribution in [2.24, 2.45) is 0 Å². The topological polar surface area (TPSA) is 63.7 Å². The predicted molar refractivity (Wildman–Crippen MR) is 98.4 cm³/mol. The van der Waals surface area contributed by atoms with Gasteiger partial charge in [0.25, 0.3) is 0 Å². The Balaban J connectivity index is 2.18. The van der Waals surface area contributed by atoms with Gasteiger partial charge in [0, 0.05) is 24.2 Å². The molecule has 2 aromatic rings. The molecule has 0 spiro atoms. The Kier molecular flexibility index (Phi) is 4.83. The lowest BCUT2D eigenvalue weighted by atomic mass is 9.83. The van der Waals surface area contributed by atoms with Crippen LogP contribution in [0.1, 0.15) is 51.3 Å². The predicted octanol–water partition coefficient (Wildman–Crippen LogP) is 4.26. The summed E-state index contributed by atoms with van der Waals surface area (Å²) in [5, 5.41) is 0.204. The summed E-state index contributed by atoms with van der Waals surface area (Å²) in [5.41, 5.74) is 1.29. The van der Waals surface area contributed by atoms with Crippen molar-refractivity contribution in [3.8, 4) is 5.75 Å². The second-order valence-electron chi connectivity index (χ2n) is 6.00. The Morgan fingerprint density at radius 1 is 1.04 bits per heavy atom. The number of fused-ring (bicyclic) bond motifs is 2. The van der Waals surface area contributed by atoms with Gasteiger partial charge in [-0.05, 0) is 32.4 Å². The summed E-state index contributed by atoms with van der Waals surface area (Å²) in [5.74, 6) is -0.657. The average molecular weight is 372 g/mol. The number of halogens is 1. The molecule has 0 radical (unpaired) electrons. The van der Waals surface area contributed by atoms with E-state index in [1.54, 1.807) is 31.2 Å². The largest absolute Gasteiger partial charge is 0.415 e. The summed E-state index contributed by atoms with van der Waals surface area (Å²) >= 11 is 6.34. The quantitative estimate of drug-likeness (QED) is 0.689. The number of ketones is 2. The molecule has 26 heavy (non-hydrogen) atoms. The first-order valence-electron chi connectivity index (χ1n) is 8.38. The lowest BCUT2D eigenvalue weighted by Gasteiger charge is -2.24. The van der Waals surface area contributed by atoms with Crippen LogP contribution in [-0.4, -0.2) is 35.6 Å². The van der Waals surface area contributed by atoms with Crippen LogP contribution >= 0.6 is 11.6 Å². The van der Waals surface area contributed by atoms with Gasteiger partial charge < -0.3 is 9.64 Å². The van der Waals surface area contributed by atoms with Gasteiger partial charge in [-0.15, -0.1) is 0 Å². The number of hydrogen-bond acceptors (Lipinski definition) is 4. The fourth-order valence-electron chi connectivity index (χ4n) is 3.07. The van der Waals surface area contributed by atoms with E-state index in [2.05, 4.69) is 0 Å². The third-order valence-corrected chi connectivity index (χ3v) is 4.99. The molecule has 0 fully saturated rings. The first-order chi connectivity index (χ1) is 12.4. The van der Waals surface area contributed by atoms with Crippen molar-refractivity contribution in [3.05, 3.63) is 63.2 Å². The van der Waals surface area contributed by atoms with Crippen LogP contribution in [0.4, 0.5) is 4.79 Å². The van der Waals surface area contributed by atoms with Crippen molar-refractivity contribution in [1.29, 1.82) is 0 Å². The summed E-state index contributed by atoms with van der Waals surface area (Å²) < 4.78 is 5.48. The fourth-order valence-corrected chi connectivity index (χ4v) is 3.31. The van der Waals surface area contributed by atoms with Gasteiger partial charge in [0.2, 0.25) is 0 Å². The SMILES string of the molecule is CCN(CC)C(=O)Oc1cc(C)c(Cl)c2c1C(=O)c1ccccc1C2=O. The molecule has 0 saturated heterocycles. The Morgan fingerprint density at radius 2 is 1.58 bits per heavy atom. The number of amides is 1. The highest BCUT2D eigenvalue weighted by molar-refractivity contribution is 6.40. The molecule has 0 bridgehead atoms. The van der Waals surface area contributed by atoms with Crippen LogP contribution in [0.2, 0.25) is 5.02 Å². The number of nitrogens with zero attached hydrogens (tertiary/aromatic N) is 1. The average Bonchev–Trinajstić information content (AvgIpc) is 2.63. The summed E-state index contributed by atoms with van der Waals surface area (Å²) in [6, 6.07) is 8.09. The molecule has 0 N–H and O–H groups in total. The van der Waals surface area contributed by atoms with Crippen molar-refractivity contribution >= 4 is 29.3 Å². The Morgan fingerprint density at radius 3 is 2.12 bits per heavy atom. The molecule has 0 saturated carbocycles. The van der Waals surface area contributed by atoms with Gasteiger partial charge in [0.05, 0.1) is 16.1 Å². The van der Waals surface area contributed by atoms with Crippen molar-refractivity contribution in [2.45, 2.75) is 20.8 Å². The lowest BCUT2D eigenvalue weighted by molar-refractivity contribution is 0.0975. The van der Waals surface area contributed by atoms with E-state index in [1.165, 1.54) is 11.0 Å². The normalized spacial score (nSPS) is 12.5. The smallest absolute Gasteiger partial charge is 0.409 e. The number of rotatable bonds is 3. The number of aryl methyl sites for hydroxylation is 1. The van der Waals surface area contributed by atoms with Gasteiger partial charge in [-0.1, -0.05) is 35.9 Å². The molecule has 1 aliphatic carbocycles. The molecule has 0 aromatic heterocycles. The summed E-state index contributed by atoms with van der Waals surface area (Å²) in [6.45, 7) is 6.31. The minimum atomic E-state index is -0.571. The van der Waals surface area contributed by atoms with Gasteiger partial charge in [0.1, 0.15) is 5.75 Å². The van der Waals surface area contributed by atoms with Crippen molar-refractivity contribution < 1.29 is 19.1 Å². The Bertz CT molecular complexity index is 932. The highest BCUT2D eigenvalue weighted by Gasteiger charge is 2.35. The first kappa shape index (κ1) is 18.1. The lowest BCUT2D eigenvalue weighted by Crippen LogP contribution is -2.34. The second kappa shape index (κ2) is 6.92. The van der Waals surface area contributed by atoms with Crippen molar-refractivity contribution in [3.63, 3.8) is 0 Å². The molecule has 3 rings (SSSR count). The third kappa shape index (κ3) is 2.78. The number of carbonyl (C=O) groups is 3. The molecular formula is C20H18ClNO4. The molecule has 0 atom stereocenters. The van der Waals surface area contributed by atoms with Crippen LogP contribution in [-0.2, 0) is 0 Å². The molecule has 134 valence electrons. The van der Waals surface area contributed by atoms with Crippen LogP contribution in [0.15, 0.2) is 30.3 Å². The minimum Gasteiger partial charge on any atom is -0.409 e. The molecule has 2 aromatic carbocycles. The van der Waals surface area contributed by atoms with Crippen LogP contribution in [0.25, 0.3) is 0 Å². The Labute approximate surface area is 156 Å². The van der Waals surface area contributed by atoms with Gasteiger partial charge in [-0.3, -0.25) is 9.59 Å². The molecule has 1 amide bonds. The second-order valence-corrected chi connectivity index (χ2v) is 6.38. The molecule has 6 heteroatoms. The molecule has 0 aliphatic heterocycles. The van der Waals surface area contributed by atoms with Gasteiger partial charge in [0.15, 0.2) is 11.6 Å². The maximum absolute atomic E-state index is 13.0. The zero-order chi connectivity index (χ0) is 19.0. The van der Waals surface area contributed by atoms with E-state index < -0.39 is 6.09 Å². The standard InChI is InChI=1S/C20H18ClNO4/c1-4-22(5-2)20(25)26-14-10-11(3)17(21)16-15(14)18(23)12-8-6-7-9-13(12)19(16)24/h6-10H,4-5H2,1-3H3. The maximum atomic E-state index is 13.0. The van der Waals surface area contributed by atoms with E-state index in [9.17, 15) is 14.4 Å². The van der Waals surface area contributed by atoms with Crippen LogP contribution in [0.5, 0.6) is 5.75 Å². The molecule has 0 unspecified atom stereocenters. The van der Waals surface area contributed by atoms with E-state index >= 15 is 0 Å². The Hall–Kier alpha value is -2.66. The maximum Gasteiger partial charge on any atom is 0.415 e. The highest BCUT2D eigenvalue weighted by atomic mass is 35.5. The van der Waals surface area contributed by atoms with Gasteiger partial charge in [-0.2, -0.15) is 0 Å². The zero-order valence-electron chi connectivity index (χ0n) is 14.8. The summed E-state index contributed by atoms with van der Waals surface area (Å²) in [6.07, 6.45) is -0.571. The van der Waals surface area contributed by atoms with Crippen LogP contribution < -0.4 is 4.74 Å². The van der Waals surface area contributed by atoms with Crippen molar-refractivity contribution in [2.75, 3.05) is 13.1 Å². The minimum absolute atomic E-state index is 0.0461. The van der Waals surface area contributed by atoms with E-state index in [4.69, 9.17) is 16.3 Å². The number of ether oxygens (including phenoxy) is 1. The van der Waals surface area contributed by atoms with Gasteiger partial charge >= 0.3 is 6.09 Å². The zero-order valence-corrected chi connectivity index (χ0v) is 15.5. The monoisotopic (exact) mass is 371 g/mol. The molecule has 1 aliphatic rings. The van der Waals surface area contributed by atoms with E-state index in [-0.39, 0.29) is 39.0 Å². The number of hydrogen-bond donors (Lipinski definition) is 0. The molecule has 0 heterocycles. The fraction of sp³-hybridized carbons (Fsp3) is 0.250. The summed E-state index contributed by atoms with van der Waals surface area (Å²) in [7, 11) is 0.